The number of hydrazone groups is 1. The highest BCUT2D eigenvalue weighted by Gasteiger charge is 2.29. The van der Waals surface area contributed by atoms with Crippen LogP contribution in [0, 0.1) is 0 Å². The van der Waals surface area contributed by atoms with Gasteiger partial charge in [0.15, 0.2) is 0 Å². The molecule has 0 saturated carbocycles. The molecule has 0 N–H and O–H groups in total. The molecule has 1 aliphatic heterocycles. The number of anilines is 1. The van der Waals surface area contributed by atoms with Crippen LogP contribution in [0.3, 0.4) is 0 Å². The number of hydrogen-bond acceptors (Lipinski definition) is 2. The van der Waals surface area contributed by atoms with E-state index in [9.17, 15) is 0 Å². The SMILES string of the molecule is CC(C)c1ccc([C@H]2CC(c3ccc(Br)cc3)=NN2c2ccccc2)cc1. The summed E-state index contributed by atoms with van der Waals surface area (Å²) in [7, 11) is 0. The third-order valence-corrected chi connectivity index (χ3v) is 5.63. The molecule has 0 fully saturated rings. The lowest BCUT2D eigenvalue weighted by Gasteiger charge is -2.24. The quantitative estimate of drug-likeness (QED) is 0.448. The number of nitrogens with zero attached hydrogens (tertiary/aromatic N) is 2. The van der Waals surface area contributed by atoms with Crippen molar-refractivity contribution < 1.29 is 0 Å². The minimum Gasteiger partial charge on any atom is -0.257 e. The highest BCUT2D eigenvalue weighted by Crippen LogP contribution is 2.37. The van der Waals surface area contributed by atoms with Crippen LogP contribution in [-0.2, 0) is 0 Å². The molecule has 27 heavy (non-hydrogen) atoms. The first-order valence-corrected chi connectivity index (χ1v) is 10.2. The van der Waals surface area contributed by atoms with Gasteiger partial charge in [0.1, 0.15) is 0 Å². The van der Waals surface area contributed by atoms with E-state index in [-0.39, 0.29) is 6.04 Å². The fourth-order valence-electron chi connectivity index (χ4n) is 3.51. The van der Waals surface area contributed by atoms with Crippen molar-refractivity contribution in [3.05, 3.63) is 100 Å². The van der Waals surface area contributed by atoms with E-state index in [1.807, 2.05) is 6.07 Å². The van der Waals surface area contributed by atoms with Crippen LogP contribution in [0.5, 0.6) is 0 Å². The first-order chi connectivity index (χ1) is 13.1. The van der Waals surface area contributed by atoms with E-state index < -0.39 is 0 Å². The zero-order valence-corrected chi connectivity index (χ0v) is 17.2. The van der Waals surface area contributed by atoms with E-state index in [1.165, 1.54) is 16.7 Å². The molecule has 0 bridgehead atoms. The van der Waals surface area contributed by atoms with Gasteiger partial charge in [-0.15, -0.1) is 0 Å². The van der Waals surface area contributed by atoms with Crippen LogP contribution in [0.25, 0.3) is 0 Å². The molecule has 1 atom stereocenters. The minimum absolute atomic E-state index is 0.215. The van der Waals surface area contributed by atoms with E-state index in [0.717, 1.165) is 22.3 Å². The van der Waals surface area contributed by atoms with E-state index in [1.54, 1.807) is 0 Å². The molecule has 1 heterocycles. The topological polar surface area (TPSA) is 15.6 Å². The first kappa shape index (κ1) is 18.0. The number of halogens is 1. The molecule has 136 valence electrons. The normalized spacial score (nSPS) is 16.7. The van der Waals surface area contributed by atoms with E-state index >= 15 is 0 Å². The standard InChI is InChI=1S/C24H23BrN2/c1-17(2)18-8-10-20(11-9-18)24-16-23(19-12-14-21(25)15-13-19)26-27(24)22-6-4-3-5-7-22/h3-15,17,24H,16H2,1-2H3/t24-/m1/s1. The zero-order chi connectivity index (χ0) is 18.8. The largest absolute Gasteiger partial charge is 0.257 e. The molecular formula is C24H23BrN2. The van der Waals surface area contributed by atoms with Gasteiger partial charge in [0.2, 0.25) is 0 Å². The summed E-state index contributed by atoms with van der Waals surface area (Å²) in [4.78, 5) is 0. The van der Waals surface area contributed by atoms with Crippen LogP contribution in [0.2, 0.25) is 0 Å². The van der Waals surface area contributed by atoms with Crippen molar-refractivity contribution in [2.75, 3.05) is 5.01 Å². The van der Waals surface area contributed by atoms with E-state index in [0.29, 0.717) is 5.92 Å². The van der Waals surface area contributed by atoms with Crippen molar-refractivity contribution in [3.63, 3.8) is 0 Å². The van der Waals surface area contributed by atoms with Crippen LogP contribution in [0.4, 0.5) is 5.69 Å². The van der Waals surface area contributed by atoms with Crippen molar-refractivity contribution in [3.8, 4) is 0 Å². The van der Waals surface area contributed by atoms with Crippen molar-refractivity contribution in [1.82, 2.24) is 0 Å². The molecule has 0 aromatic heterocycles. The van der Waals surface area contributed by atoms with Gasteiger partial charge in [-0.2, -0.15) is 5.10 Å². The summed E-state index contributed by atoms with van der Waals surface area (Å²) in [6, 6.07) is 28.1. The highest BCUT2D eigenvalue weighted by molar-refractivity contribution is 9.10. The van der Waals surface area contributed by atoms with Crippen LogP contribution in [0.15, 0.2) is 88.4 Å². The molecular weight excluding hydrogens is 396 g/mol. The van der Waals surface area contributed by atoms with Crippen LogP contribution < -0.4 is 5.01 Å². The second-order valence-corrected chi connectivity index (χ2v) is 8.19. The predicted octanol–water partition coefficient (Wildman–Crippen LogP) is 6.93. The molecule has 4 rings (SSSR count). The van der Waals surface area contributed by atoms with Crippen molar-refractivity contribution in [1.29, 1.82) is 0 Å². The molecule has 0 amide bonds. The molecule has 0 saturated heterocycles. The number of rotatable bonds is 4. The van der Waals surface area contributed by atoms with Crippen molar-refractivity contribution >= 4 is 27.3 Å². The van der Waals surface area contributed by atoms with Crippen LogP contribution >= 0.6 is 15.9 Å². The summed E-state index contributed by atoms with van der Waals surface area (Å²) in [5, 5.41) is 7.18. The lowest BCUT2D eigenvalue weighted by molar-refractivity contribution is 0.707. The number of benzene rings is 3. The molecule has 0 unspecified atom stereocenters. The lowest BCUT2D eigenvalue weighted by Crippen LogP contribution is -2.18. The molecule has 0 radical (unpaired) electrons. The monoisotopic (exact) mass is 418 g/mol. The Hall–Kier alpha value is -2.39. The molecule has 1 aliphatic rings. The van der Waals surface area contributed by atoms with Gasteiger partial charge in [-0.05, 0) is 46.9 Å². The third kappa shape index (κ3) is 3.84. The fraction of sp³-hybridized carbons (Fsp3) is 0.208. The summed E-state index contributed by atoms with van der Waals surface area (Å²) < 4.78 is 1.09. The third-order valence-electron chi connectivity index (χ3n) is 5.10. The summed E-state index contributed by atoms with van der Waals surface area (Å²) in [6.45, 7) is 4.46. The zero-order valence-electron chi connectivity index (χ0n) is 15.6. The molecule has 3 heteroatoms. The number of para-hydroxylation sites is 1. The molecule has 2 nitrogen and oxygen atoms in total. The van der Waals surface area contributed by atoms with E-state index in [2.05, 4.69) is 108 Å². The summed E-state index contributed by atoms with van der Waals surface area (Å²) in [5.74, 6) is 0.544. The average Bonchev–Trinajstić information content (AvgIpc) is 3.15. The maximum Gasteiger partial charge on any atom is 0.0831 e. The summed E-state index contributed by atoms with van der Waals surface area (Å²) in [6.07, 6.45) is 0.900. The van der Waals surface area contributed by atoms with Crippen LogP contribution in [-0.4, -0.2) is 5.71 Å². The predicted molar refractivity (Wildman–Crippen MR) is 117 cm³/mol. The van der Waals surface area contributed by atoms with Crippen molar-refractivity contribution in [2.45, 2.75) is 32.2 Å². The molecule has 0 aliphatic carbocycles. The Morgan fingerprint density at radius 3 is 2.19 bits per heavy atom. The van der Waals surface area contributed by atoms with Gasteiger partial charge in [-0.25, -0.2) is 0 Å². The van der Waals surface area contributed by atoms with Gasteiger partial charge in [-0.1, -0.05) is 84.4 Å². The van der Waals surface area contributed by atoms with Gasteiger partial charge in [0.05, 0.1) is 17.4 Å². The lowest BCUT2D eigenvalue weighted by atomic mass is 9.95. The first-order valence-electron chi connectivity index (χ1n) is 9.39. The molecule has 3 aromatic rings. The Balaban J connectivity index is 1.70. The van der Waals surface area contributed by atoms with Crippen molar-refractivity contribution in [2.24, 2.45) is 5.10 Å². The van der Waals surface area contributed by atoms with Crippen LogP contribution in [0.1, 0.15) is 48.9 Å². The Labute approximate surface area is 169 Å². The second-order valence-electron chi connectivity index (χ2n) is 7.27. The summed E-state index contributed by atoms with van der Waals surface area (Å²) >= 11 is 3.52. The Kier molecular flexibility index (Phi) is 5.13. The Bertz CT molecular complexity index is 928. The minimum atomic E-state index is 0.215. The maximum absolute atomic E-state index is 5.01. The summed E-state index contributed by atoms with van der Waals surface area (Å²) in [5.41, 5.74) is 6.11. The molecule has 3 aromatic carbocycles. The maximum atomic E-state index is 5.01. The van der Waals surface area contributed by atoms with Gasteiger partial charge < -0.3 is 0 Å². The number of hydrogen-bond donors (Lipinski definition) is 0. The van der Waals surface area contributed by atoms with Gasteiger partial charge in [-0.3, -0.25) is 5.01 Å². The smallest absolute Gasteiger partial charge is 0.0831 e. The van der Waals surface area contributed by atoms with Gasteiger partial charge in [0, 0.05) is 10.9 Å². The average molecular weight is 419 g/mol. The van der Waals surface area contributed by atoms with Gasteiger partial charge >= 0.3 is 0 Å². The highest BCUT2D eigenvalue weighted by atomic mass is 79.9. The van der Waals surface area contributed by atoms with E-state index in [4.69, 9.17) is 5.10 Å². The Morgan fingerprint density at radius 2 is 1.56 bits per heavy atom. The Morgan fingerprint density at radius 1 is 0.889 bits per heavy atom. The molecule has 0 spiro atoms. The second kappa shape index (κ2) is 7.69. The van der Waals surface area contributed by atoms with Gasteiger partial charge in [0.25, 0.3) is 0 Å². The fourth-order valence-corrected chi connectivity index (χ4v) is 3.77.